The fourth-order valence-corrected chi connectivity index (χ4v) is 3.28. The zero-order valence-corrected chi connectivity index (χ0v) is 12.3. The molecule has 0 heterocycles. The molecule has 18 heavy (non-hydrogen) atoms. The molecule has 0 aromatic heterocycles. The maximum atomic E-state index is 6.17. The van der Waals surface area contributed by atoms with Crippen molar-refractivity contribution in [1.82, 2.24) is 0 Å². The number of allylic oxidation sites excluding steroid dienone is 5. The zero-order chi connectivity index (χ0) is 13.0. The normalized spacial score (nSPS) is 28.6. The Hall–Kier alpha value is -0.560. The molecule has 2 aliphatic rings. The average molecular weight is 285 g/mol. The minimum Gasteiger partial charge on any atom is -0.436 e. The van der Waals surface area contributed by atoms with E-state index >= 15 is 0 Å². The molecule has 2 nitrogen and oxygen atoms in total. The molecule has 0 aromatic rings. The summed E-state index contributed by atoms with van der Waals surface area (Å²) >= 11 is 6.17. The maximum absolute atomic E-state index is 6.17. The van der Waals surface area contributed by atoms with Crippen molar-refractivity contribution in [2.75, 3.05) is 0 Å². The molecule has 0 spiro atoms. The molecule has 0 N–H and O–H groups in total. The van der Waals surface area contributed by atoms with E-state index in [1.807, 2.05) is 25.2 Å². The van der Waals surface area contributed by atoms with Gasteiger partial charge in [-0.15, -0.1) is 0 Å². The van der Waals surface area contributed by atoms with Gasteiger partial charge in [-0.25, -0.2) is 0 Å². The Labute approximate surface area is 115 Å². The van der Waals surface area contributed by atoms with Gasteiger partial charge in [-0.3, -0.25) is 0 Å². The third-order valence-electron chi connectivity index (χ3n) is 3.06. The SMILES string of the molecule is CC1=CCCC=C1OP(Cl)OC1C=CC=CC1C. The van der Waals surface area contributed by atoms with Crippen molar-refractivity contribution in [3.05, 3.63) is 47.8 Å². The molecular weight excluding hydrogens is 267 g/mol. The highest BCUT2D eigenvalue weighted by Crippen LogP contribution is 2.49. The molecule has 3 atom stereocenters. The molecule has 0 fully saturated rings. The first-order chi connectivity index (χ1) is 8.66. The van der Waals surface area contributed by atoms with E-state index in [0.29, 0.717) is 5.92 Å². The maximum Gasteiger partial charge on any atom is 0.338 e. The highest BCUT2D eigenvalue weighted by atomic mass is 35.7. The molecule has 2 aliphatic carbocycles. The third kappa shape index (κ3) is 3.71. The average Bonchev–Trinajstić information content (AvgIpc) is 2.35. The molecule has 0 bridgehead atoms. The number of hydrogen-bond acceptors (Lipinski definition) is 2. The number of halogens is 1. The van der Waals surface area contributed by atoms with E-state index in [-0.39, 0.29) is 6.10 Å². The van der Waals surface area contributed by atoms with E-state index < -0.39 is 7.73 Å². The Balaban J connectivity index is 1.87. The van der Waals surface area contributed by atoms with Gasteiger partial charge in [-0.05, 0) is 42.7 Å². The summed E-state index contributed by atoms with van der Waals surface area (Å²) in [5, 5.41) is 0. The van der Waals surface area contributed by atoms with Crippen molar-refractivity contribution in [2.24, 2.45) is 5.92 Å². The summed E-state index contributed by atoms with van der Waals surface area (Å²) in [5.41, 5.74) is 1.14. The molecule has 0 aliphatic heterocycles. The minimum absolute atomic E-state index is 0.00656. The standard InChI is InChI=1S/C14H18ClO2P/c1-11-7-3-5-9-13(11)16-18(15)17-14-10-6-4-8-12(14)2/h3,5,7-11,13H,4,6H2,1-2H3. The lowest BCUT2D eigenvalue weighted by Crippen LogP contribution is -2.17. The van der Waals surface area contributed by atoms with Gasteiger partial charge in [0.15, 0.2) is 0 Å². The van der Waals surface area contributed by atoms with Crippen molar-refractivity contribution in [3.8, 4) is 0 Å². The Morgan fingerprint density at radius 1 is 1.22 bits per heavy atom. The van der Waals surface area contributed by atoms with Gasteiger partial charge in [0.05, 0.1) is 6.10 Å². The molecule has 0 saturated heterocycles. The largest absolute Gasteiger partial charge is 0.436 e. The van der Waals surface area contributed by atoms with Gasteiger partial charge >= 0.3 is 7.73 Å². The first-order valence-corrected chi connectivity index (χ1v) is 8.28. The summed E-state index contributed by atoms with van der Waals surface area (Å²) in [4.78, 5) is 0. The second kappa shape index (κ2) is 6.56. The van der Waals surface area contributed by atoms with Gasteiger partial charge in [0.1, 0.15) is 5.76 Å². The van der Waals surface area contributed by atoms with E-state index in [1.165, 1.54) is 0 Å². The van der Waals surface area contributed by atoms with Crippen molar-refractivity contribution in [2.45, 2.75) is 32.8 Å². The predicted molar refractivity (Wildman–Crippen MR) is 77.2 cm³/mol. The Morgan fingerprint density at radius 2 is 1.94 bits per heavy atom. The van der Waals surface area contributed by atoms with Crippen LogP contribution in [-0.4, -0.2) is 6.10 Å². The van der Waals surface area contributed by atoms with Crippen molar-refractivity contribution in [1.29, 1.82) is 0 Å². The van der Waals surface area contributed by atoms with E-state index in [0.717, 1.165) is 24.2 Å². The van der Waals surface area contributed by atoms with Gasteiger partial charge in [0, 0.05) is 5.92 Å². The zero-order valence-electron chi connectivity index (χ0n) is 10.7. The monoisotopic (exact) mass is 284 g/mol. The van der Waals surface area contributed by atoms with E-state index in [4.69, 9.17) is 20.3 Å². The molecule has 4 heteroatoms. The Bertz CT molecular complexity index is 412. The number of hydrogen-bond donors (Lipinski definition) is 0. The molecular formula is C14H18ClO2P. The van der Waals surface area contributed by atoms with Crippen LogP contribution in [0.3, 0.4) is 0 Å². The van der Waals surface area contributed by atoms with Crippen molar-refractivity contribution >= 4 is 19.0 Å². The smallest absolute Gasteiger partial charge is 0.338 e. The van der Waals surface area contributed by atoms with Crippen LogP contribution in [0.4, 0.5) is 0 Å². The van der Waals surface area contributed by atoms with Crippen LogP contribution in [0.25, 0.3) is 0 Å². The molecule has 3 unspecified atom stereocenters. The summed E-state index contributed by atoms with van der Waals surface area (Å²) in [7, 11) is -1.40. The summed E-state index contributed by atoms with van der Waals surface area (Å²) in [5.74, 6) is 1.20. The highest BCUT2D eigenvalue weighted by Gasteiger charge is 2.22. The second-order valence-corrected chi connectivity index (χ2v) is 6.18. The van der Waals surface area contributed by atoms with E-state index in [9.17, 15) is 0 Å². The van der Waals surface area contributed by atoms with Crippen molar-refractivity contribution < 1.29 is 9.05 Å². The number of rotatable bonds is 4. The molecule has 0 aromatic carbocycles. The van der Waals surface area contributed by atoms with E-state index in [1.54, 1.807) is 0 Å². The molecule has 2 rings (SSSR count). The lowest BCUT2D eigenvalue weighted by atomic mass is 10.0. The van der Waals surface area contributed by atoms with Gasteiger partial charge in [-0.2, -0.15) is 0 Å². The van der Waals surface area contributed by atoms with Crippen LogP contribution >= 0.6 is 19.0 Å². The lowest BCUT2D eigenvalue weighted by Gasteiger charge is -2.24. The van der Waals surface area contributed by atoms with Crippen LogP contribution in [0, 0.1) is 5.92 Å². The minimum atomic E-state index is -1.40. The first-order valence-electron chi connectivity index (χ1n) is 6.20. The van der Waals surface area contributed by atoms with Crippen LogP contribution in [0.2, 0.25) is 0 Å². The van der Waals surface area contributed by atoms with Gasteiger partial charge in [0.25, 0.3) is 0 Å². The van der Waals surface area contributed by atoms with Gasteiger partial charge in [0.2, 0.25) is 0 Å². The fraction of sp³-hybridized carbons (Fsp3) is 0.429. The molecule has 0 radical (unpaired) electrons. The Kier molecular flexibility index (Phi) is 5.05. The van der Waals surface area contributed by atoms with Gasteiger partial charge < -0.3 is 9.05 Å². The summed E-state index contributed by atoms with van der Waals surface area (Å²) in [6, 6.07) is 0. The van der Waals surface area contributed by atoms with E-state index in [2.05, 4.69) is 25.2 Å². The quantitative estimate of drug-likeness (QED) is 0.657. The molecule has 0 saturated carbocycles. The van der Waals surface area contributed by atoms with Crippen LogP contribution in [-0.2, 0) is 9.05 Å². The van der Waals surface area contributed by atoms with Crippen LogP contribution in [0.15, 0.2) is 47.8 Å². The summed E-state index contributed by atoms with van der Waals surface area (Å²) in [6.07, 6.45) is 14.5. The van der Waals surface area contributed by atoms with Gasteiger partial charge in [-0.1, -0.05) is 37.3 Å². The Morgan fingerprint density at radius 3 is 2.67 bits per heavy atom. The summed E-state index contributed by atoms with van der Waals surface area (Å²) in [6.45, 7) is 4.15. The summed E-state index contributed by atoms with van der Waals surface area (Å²) < 4.78 is 11.5. The van der Waals surface area contributed by atoms with Crippen LogP contribution in [0.1, 0.15) is 26.7 Å². The highest BCUT2D eigenvalue weighted by molar-refractivity contribution is 7.76. The lowest BCUT2D eigenvalue weighted by molar-refractivity contribution is 0.209. The molecule has 98 valence electrons. The first kappa shape index (κ1) is 13.9. The van der Waals surface area contributed by atoms with Crippen LogP contribution in [0.5, 0.6) is 0 Å². The van der Waals surface area contributed by atoms with Crippen LogP contribution < -0.4 is 0 Å². The topological polar surface area (TPSA) is 18.5 Å². The third-order valence-corrected chi connectivity index (χ3v) is 4.25. The molecule has 0 amide bonds. The van der Waals surface area contributed by atoms with Crippen molar-refractivity contribution in [3.63, 3.8) is 0 Å². The fourth-order valence-electron chi connectivity index (χ4n) is 1.91. The predicted octanol–water partition coefficient (Wildman–Crippen LogP) is 5.24. The second-order valence-electron chi connectivity index (χ2n) is 4.54.